The molecule has 0 aliphatic carbocycles. The van der Waals surface area contributed by atoms with E-state index in [-0.39, 0.29) is 0 Å². The van der Waals surface area contributed by atoms with E-state index in [2.05, 4.69) is 47.6 Å². The summed E-state index contributed by atoms with van der Waals surface area (Å²) in [6, 6.07) is 12.1. The molecule has 6 heteroatoms. The Morgan fingerprint density at radius 1 is 1.07 bits per heavy atom. The maximum atomic E-state index is 6.00. The Labute approximate surface area is 170 Å². The molecule has 1 heterocycles. The maximum Gasteiger partial charge on any atom is 0.203 e. The second kappa shape index (κ2) is 8.89. The van der Waals surface area contributed by atoms with Gasteiger partial charge in [-0.1, -0.05) is 23.8 Å². The molecule has 0 atom stereocenters. The third kappa shape index (κ3) is 4.89. The molecule has 0 amide bonds. The topological polar surface area (TPSA) is 55.7 Å². The fraction of sp³-hybridized carbons (Fsp3) is 0.273. The summed E-state index contributed by atoms with van der Waals surface area (Å²) in [4.78, 5) is 5.59. The molecule has 0 saturated carbocycles. The molecule has 0 aliphatic rings. The minimum atomic E-state index is 0.502. The molecule has 28 heavy (non-hydrogen) atoms. The molecule has 0 radical (unpaired) electrons. The van der Waals surface area contributed by atoms with Crippen LogP contribution in [0.15, 0.2) is 41.5 Å². The van der Waals surface area contributed by atoms with E-state index in [1.165, 1.54) is 21.6 Å². The quantitative estimate of drug-likeness (QED) is 0.429. The Balaban J connectivity index is 1.67. The molecule has 5 nitrogen and oxygen atoms in total. The van der Waals surface area contributed by atoms with Gasteiger partial charge in [-0.05, 0) is 62.6 Å². The Bertz CT molecular complexity index is 976. The first-order valence-corrected chi connectivity index (χ1v) is 9.88. The van der Waals surface area contributed by atoms with Crippen LogP contribution in [0.2, 0.25) is 0 Å². The van der Waals surface area contributed by atoms with E-state index >= 15 is 0 Å². The van der Waals surface area contributed by atoms with Crippen LogP contribution in [0.5, 0.6) is 11.5 Å². The van der Waals surface area contributed by atoms with Gasteiger partial charge in [-0.25, -0.2) is 4.98 Å². The number of thiazole rings is 1. The summed E-state index contributed by atoms with van der Waals surface area (Å²) in [6.07, 6.45) is 1.74. The molecule has 0 fully saturated rings. The van der Waals surface area contributed by atoms with Crippen molar-refractivity contribution in [1.29, 1.82) is 0 Å². The number of aryl methyl sites for hydroxylation is 4. The number of hydrogen-bond donors (Lipinski definition) is 1. The van der Waals surface area contributed by atoms with Crippen LogP contribution in [-0.4, -0.2) is 18.3 Å². The van der Waals surface area contributed by atoms with E-state index in [1.54, 1.807) is 24.7 Å². The minimum Gasteiger partial charge on any atom is -0.493 e. The van der Waals surface area contributed by atoms with Gasteiger partial charge in [0, 0.05) is 4.88 Å². The number of benzene rings is 2. The smallest absolute Gasteiger partial charge is 0.203 e. The average molecular weight is 396 g/mol. The van der Waals surface area contributed by atoms with Gasteiger partial charge in [0.15, 0.2) is 11.5 Å². The Morgan fingerprint density at radius 3 is 2.61 bits per heavy atom. The molecule has 0 spiro atoms. The monoisotopic (exact) mass is 395 g/mol. The summed E-state index contributed by atoms with van der Waals surface area (Å²) >= 11 is 1.59. The van der Waals surface area contributed by atoms with Gasteiger partial charge in [-0.3, -0.25) is 5.43 Å². The molecular formula is C22H25N3O2S. The molecule has 1 N–H and O–H groups in total. The summed E-state index contributed by atoms with van der Waals surface area (Å²) < 4.78 is 11.5. The van der Waals surface area contributed by atoms with Crippen LogP contribution in [0.1, 0.15) is 32.8 Å². The highest BCUT2D eigenvalue weighted by Crippen LogP contribution is 2.29. The van der Waals surface area contributed by atoms with Gasteiger partial charge in [-0.15, -0.1) is 11.3 Å². The standard InChI is InChI=1S/C22H25N3O2S/c1-14-6-7-15(2)19(10-14)13-27-20-9-8-18(11-21(20)26-5)12-23-25-22-24-16(3)17(4)28-22/h6-12H,13H2,1-5H3,(H,24,25)/b23-12-. The van der Waals surface area contributed by atoms with Crippen molar-refractivity contribution in [3.05, 3.63) is 69.2 Å². The van der Waals surface area contributed by atoms with Crippen molar-refractivity contribution < 1.29 is 9.47 Å². The third-order valence-corrected chi connectivity index (χ3v) is 5.46. The molecule has 3 rings (SSSR count). The van der Waals surface area contributed by atoms with Crippen LogP contribution in [0, 0.1) is 27.7 Å². The van der Waals surface area contributed by atoms with Crippen LogP contribution in [0.4, 0.5) is 5.13 Å². The largest absolute Gasteiger partial charge is 0.493 e. The first-order valence-electron chi connectivity index (χ1n) is 9.06. The molecule has 0 unspecified atom stereocenters. The van der Waals surface area contributed by atoms with E-state index < -0.39 is 0 Å². The molecule has 1 aromatic heterocycles. The molecule has 0 bridgehead atoms. The van der Waals surface area contributed by atoms with Crippen molar-refractivity contribution >= 4 is 22.7 Å². The number of rotatable bonds is 7. The highest BCUT2D eigenvalue weighted by molar-refractivity contribution is 7.15. The van der Waals surface area contributed by atoms with Gasteiger partial charge in [-0.2, -0.15) is 5.10 Å². The zero-order valence-electron chi connectivity index (χ0n) is 16.9. The van der Waals surface area contributed by atoms with Crippen LogP contribution in [0.3, 0.4) is 0 Å². The summed E-state index contributed by atoms with van der Waals surface area (Å²) in [5.41, 5.74) is 8.51. The number of ether oxygens (including phenoxy) is 2. The van der Waals surface area contributed by atoms with Gasteiger partial charge in [0.1, 0.15) is 6.61 Å². The predicted octanol–water partition coefficient (Wildman–Crippen LogP) is 5.41. The lowest BCUT2D eigenvalue weighted by Gasteiger charge is -2.13. The lowest BCUT2D eigenvalue weighted by molar-refractivity contribution is 0.284. The van der Waals surface area contributed by atoms with Gasteiger partial charge in [0.05, 0.1) is 19.0 Å². The van der Waals surface area contributed by atoms with Crippen molar-refractivity contribution in [3.63, 3.8) is 0 Å². The van der Waals surface area contributed by atoms with Gasteiger partial charge in [0.2, 0.25) is 5.13 Å². The van der Waals surface area contributed by atoms with E-state index in [9.17, 15) is 0 Å². The Morgan fingerprint density at radius 2 is 1.89 bits per heavy atom. The van der Waals surface area contributed by atoms with E-state index in [0.29, 0.717) is 18.1 Å². The van der Waals surface area contributed by atoms with E-state index in [4.69, 9.17) is 9.47 Å². The fourth-order valence-electron chi connectivity index (χ4n) is 2.68. The number of aromatic nitrogens is 1. The number of hydrogen-bond acceptors (Lipinski definition) is 6. The second-order valence-electron chi connectivity index (χ2n) is 6.66. The van der Waals surface area contributed by atoms with Crippen LogP contribution < -0.4 is 14.9 Å². The first kappa shape index (κ1) is 19.9. The second-order valence-corrected chi connectivity index (χ2v) is 7.86. The zero-order valence-corrected chi connectivity index (χ0v) is 17.7. The molecule has 0 aliphatic heterocycles. The average Bonchev–Trinajstić information content (AvgIpc) is 3.00. The summed E-state index contributed by atoms with van der Waals surface area (Å²) in [5.74, 6) is 1.38. The highest BCUT2D eigenvalue weighted by atomic mass is 32.1. The van der Waals surface area contributed by atoms with Crippen molar-refractivity contribution in [3.8, 4) is 11.5 Å². The molecule has 146 valence electrons. The van der Waals surface area contributed by atoms with E-state index in [0.717, 1.165) is 16.4 Å². The van der Waals surface area contributed by atoms with Gasteiger partial charge in [0.25, 0.3) is 0 Å². The SMILES string of the molecule is COc1cc(/C=N\Nc2nc(C)c(C)s2)ccc1OCc1cc(C)ccc1C. The Kier molecular flexibility index (Phi) is 6.31. The predicted molar refractivity (Wildman–Crippen MR) is 116 cm³/mol. The normalized spacial score (nSPS) is 11.0. The zero-order chi connectivity index (χ0) is 20.1. The lowest BCUT2D eigenvalue weighted by Crippen LogP contribution is -2.00. The number of nitrogens with zero attached hydrogens (tertiary/aromatic N) is 2. The lowest BCUT2D eigenvalue weighted by atomic mass is 10.1. The van der Waals surface area contributed by atoms with Crippen LogP contribution in [0.25, 0.3) is 0 Å². The Hall–Kier alpha value is -2.86. The number of anilines is 1. The highest BCUT2D eigenvalue weighted by Gasteiger charge is 2.07. The van der Waals surface area contributed by atoms with Crippen molar-refractivity contribution in [2.24, 2.45) is 5.10 Å². The number of hydrazone groups is 1. The minimum absolute atomic E-state index is 0.502. The van der Waals surface area contributed by atoms with Crippen LogP contribution in [-0.2, 0) is 6.61 Å². The summed E-state index contributed by atoms with van der Waals surface area (Å²) in [6.45, 7) is 8.71. The van der Waals surface area contributed by atoms with Crippen LogP contribution >= 0.6 is 11.3 Å². The van der Waals surface area contributed by atoms with Crippen molar-refractivity contribution in [2.75, 3.05) is 12.5 Å². The summed E-state index contributed by atoms with van der Waals surface area (Å²) in [5, 5.41) is 5.05. The summed E-state index contributed by atoms with van der Waals surface area (Å²) in [7, 11) is 1.64. The van der Waals surface area contributed by atoms with Gasteiger partial charge >= 0.3 is 0 Å². The molecule has 0 saturated heterocycles. The molecule has 3 aromatic rings. The first-order chi connectivity index (χ1) is 13.5. The van der Waals surface area contributed by atoms with Crippen molar-refractivity contribution in [1.82, 2.24) is 4.98 Å². The molecular weight excluding hydrogens is 370 g/mol. The molecule has 2 aromatic carbocycles. The van der Waals surface area contributed by atoms with Crippen molar-refractivity contribution in [2.45, 2.75) is 34.3 Å². The third-order valence-electron chi connectivity index (χ3n) is 4.48. The number of nitrogens with one attached hydrogen (secondary N) is 1. The van der Waals surface area contributed by atoms with Gasteiger partial charge < -0.3 is 9.47 Å². The van der Waals surface area contributed by atoms with E-state index in [1.807, 2.05) is 32.0 Å². The maximum absolute atomic E-state index is 6.00. The number of methoxy groups -OCH3 is 1. The fourth-order valence-corrected chi connectivity index (χ4v) is 3.44.